The maximum Gasteiger partial charge on any atom is 0.328 e. The van der Waals surface area contributed by atoms with Crippen LogP contribution in [0.2, 0.25) is 0 Å². The van der Waals surface area contributed by atoms with E-state index in [0.717, 1.165) is 12.8 Å². The fraction of sp³-hybridized carbons (Fsp3) is 0.846. The Balaban J connectivity index is 2.58. The number of nitrogens with one attached hydrogen (secondary N) is 1. The molecule has 104 valence electrons. The molecule has 1 heterocycles. The van der Waals surface area contributed by atoms with Gasteiger partial charge < -0.3 is 10.1 Å². The second-order valence-electron chi connectivity index (χ2n) is 5.15. The summed E-state index contributed by atoms with van der Waals surface area (Å²) in [4.78, 5) is 25.6. The summed E-state index contributed by atoms with van der Waals surface area (Å²) < 4.78 is 4.59. The van der Waals surface area contributed by atoms with E-state index < -0.39 is 12.0 Å². The summed E-state index contributed by atoms with van der Waals surface area (Å²) in [6, 6.07) is 0.00568. The largest absolute Gasteiger partial charge is 0.467 e. The van der Waals surface area contributed by atoms with Crippen molar-refractivity contribution in [2.24, 2.45) is 0 Å². The average Bonchev–Trinajstić information content (AvgIpc) is 2.66. The van der Waals surface area contributed by atoms with Gasteiger partial charge in [0.1, 0.15) is 6.04 Å². The van der Waals surface area contributed by atoms with Crippen molar-refractivity contribution in [3.8, 4) is 0 Å². The number of hydrogen-bond acceptors (Lipinski definition) is 4. The van der Waals surface area contributed by atoms with E-state index in [1.807, 2.05) is 6.92 Å². The van der Waals surface area contributed by atoms with Gasteiger partial charge in [-0.2, -0.15) is 0 Å². The van der Waals surface area contributed by atoms with Crippen LogP contribution in [0.1, 0.15) is 40.5 Å². The minimum atomic E-state index is -0.599. The molecule has 0 aliphatic carbocycles. The van der Waals surface area contributed by atoms with Gasteiger partial charge in [-0.25, -0.2) is 4.79 Å². The van der Waals surface area contributed by atoms with Crippen molar-refractivity contribution >= 4 is 11.9 Å². The van der Waals surface area contributed by atoms with Crippen LogP contribution in [-0.2, 0) is 14.3 Å². The Morgan fingerprint density at radius 1 is 1.22 bits per heavy atom. The van der Waals surface area contributed by atoms with Crippen molar-refractivity contribution in [3.05, 3.63) is 0 Å². The molecule has 1 rings (SSSR count). The normalized spacial score (nSPS) is 27.6. The number of hydrogen-bond donors (Lipinski definition) is 1. The molecule has 5 nitrogen and oxygen atoms in total. The van der Waals surface area contributed by atoms with Crippen molar-refractivity contribution in [3.63, 3.8) is 0 Å². The number of ether oxygens (including phenoxy) is 1. The first kappa shape index (κ1) is 15.0. The Morgan fingerprint density at radius 3 is 2.17 bits per heavy atom. The number of rotatable bonds is 4. The summed E-state index contributed by atoms with van der Waals surface area (Å²) in [5, 5.41) is 2.69. The van der Waals surface area contributed by atoms with Crippen LogP contribution in [0.25, 0.3) is 0 Å². The molecule has 1 fully saturated rings. The average molecular weight is 256 g/mol. The second-order valence-corrected chi connectivity index (χ2v) is 5.15. The molecule has 0 spiro atoms. The number of methoxy groups -OCH3 is 1. The van der Waals surface area contributed by atoms with Crippen LogP contribution in [-0.4, -0.2) is 48.1 Å². The van der Waals surface area contributed by atoms with Gasteiger partial charge in [-0.1, -0.05) is 0 Å². The van der Waals surface area contributed by atoms with E-state index in [1.54, 1.807) is 6.92 Å². The van der Waals surface area contributed by atoms with Gasteiger partial charge in [0, 0.05) is 12.1 Å². The number of amides is 1. The van der Waals surface area contributed by atoms with E-state index in [2.05, 4.69) is 28.8 Å². The molecule has 0 aromatic rings. The van der Waals surface area contributed by atoms with Crippen LogP contribution >= 0.6 is 0 Å². The molecule has 1 N–H and O–H groups in total. The standard InChI is InChI=1S/C13H24N2O3/c1-8-6-7-9(2)15(8)11(4)12(16)14-10(3)13(17)18-5/h8-11H,6-7H2,1-5H3,(H,14,16). The molecule has 0 radical (unpaired) electrons. The van der Waals surface area contributed by atoms with Crippen molar-refractivity contribution in [2.75, 3.05) is 7.11 Å². The topological polar surface area (TPSA) is 58.6 Å². The van der Waals surface area contributed by atoms with Crippen LogP contribution in [0.15, 0.2) is 0 Å². The van der Waals surface area contributed by atoms with E-state index in [1.165, 1.54) is 7.11 Å². The lowest BCUT2D eigenvalue weighted by molar-refractivity contribution is -0.145. The maximum atomic E-state index is 12.1. The van der Waals surface area contributed by atoms with Crippen molar-refractivity contribution in [1.29, 1.82) is 0 Å². The van der Waals surface area contributed by atoms with Crippen LogP contribution in [0.4, 0.5) is 0 Å². The monoisotopic (exact) mass is 256 g/mol. The molecule has 0 aromatic carbocycles. The lowest BCUT2D eigenvalue weighted by Gasteiger charge is -2.32. The van der Waals surface area contributed by atoms with Crippen LogP contribution < -0.4 is 5.32 Å². The molecule has 0 aromatic heterocycles. The van der Waals surface area contributed by atoms with Crippen molar-refractivity contribution in [2.45, 2.75) is 64.7 Å². The van der Waals surface area contributed by atoms with Gasteiger partial charge >= 0.3 is 5.97 Å². The van der Waals surface area contributed by atoms with E-state index in [0.29, 0.717) is 12.1 Å². The van der Waals surface area contributed by atoms with Crippen LogP contribution in [0.5, 0.6) is 0 Å². The predicted octanol–water partition coefficient (Wildman–Crippen LogP) is 0.925. The van der Waals surface area contributed by atoms with Crippen LogP contribution in [0, 0.1) is 0 Å². The first-order chi connectivity index (χ1) is 8.38. The summed E-state index contributed by atoms with van der Waals surface area (Å²) in [7, 11) is 1.32. The van der Waals surface area contributed by atoms with Crippen molar-refractivity contribution in [1.82, 2.24) is 10.2 Å². The third-order valence-electron chi connectivity index (χ3n) is 3.76. The highest BCUT2D eigenvalue weighted by molar-refractivity contribution is 5.87. The van der Waals surface area contributed by atoms with Gasteiger partial charge in [0.15, 0.2) is 0 Å². The highest BCUT2D eigenvalue weighted by Gasteiger charge is 2.35. The summed E-state index contributed by atoms with van der Waals surface area (Å²) in [6.45, 7) is 7.79. The van der Waals surface area contributed by atoms with Crippen LogP contribution in [0.3, 0.4) is 0 Å². The second kappa shape index (κ2) is 6.18. The molecule has 1 amide bonds. The lowest BCUT2D eigenvalue weighted by atomic mass is 10.2. The SMILES string of the molecule is COC(=O)C(C)NC(=O)C(C)N1C(C)CCC1C. The Labute approximate surface area is 109 Å². The summed E-state index contributed by atoms with van der Waals surface area (Å²) in [5.41, 5.74) is 0. The lowest BCUT2D eigenvalue weighted by Crippen LogP contribution is -2.52. The van der Waals surface area contributed by atoms with E-state index >= 15 is 0 Å². The van der Waals surface area contributed by atoms with Gasteiger partial charge in [-0.3, -0.25) is 9.69 Å². The predicted molar refractivity (Wildman–Crippen MR) is 69.1 cm³/mol. The number of esters is 1. The molecule has 1 aliphatic heterocycles. The Kier molecular flexibility index (Phi) is 5.14. The molecule has 0 bridgehead atoms. The molecule has 4 unspecified atom stereocenters. The Bertz CT molecular complexity index is 309. The van der Waals surface area contributed by atoms with E-state index in [4.69, 9.17) is 0 Å². The molecular formula is C13H24N2O3. The summed E-state index contributed by atoms with van der Waals surface area (Å²) >= 11 is 0. The summed E-state index contributed by atoms with van der Waals surface area (Å²) in [5.74, 6) is -0.536. The fourth-order valence-corrected chi connectivity index (χ4v) is 2.68. The first-order valence-electron chi connectivity index (χ1n) is 6.54. The zero-order chi connectivity index (χ0) is 13.9. The number of nitrogens with zero attached hydrogens (tertiary/aromatic N) is 1. The summed E-state index contributed by atoms with van der Waals surface area (Å²) in [6.07, 6.45) is 2.23. The molecular weight excluding hydrogens is 232 g/mol. The first-order valence-corrected chi connectivity index (χ1v) is 6.54. The maximum absolute atomic E-state index is 12.1. The Hall–Kier alpha value is -1.10. The van der Waals surface area contributed by atoms with E-state index in [9.17, 15) is 9.59 Å². The fourth-order valence-electron chi connectivity index (χ4n) is 2.68. The van der Waals surface area contributed by atoms with Gasteiger partial charge in [0.05, 0.1) is 13.2 Å². The van der Waals surface area contributed by atoms with E-state index in [-0.39, 0.29) is 11.9 Å². The van der Waals surface area contributed by atoms with Gasteiger partial charge in [-0.05, 0) is 40.5 Å². The Morgan fingerprint density at radius 2 is 1.72 bits per heavy atom. The third kappa shape index (κ3) is 3.22. The molecule has 1 saturated heterocycles. The minimum Gasteiger partial charge on any atom is -0.467 e. The van der Waals surface area contributed by atoms with Gasteiger partial charge in [0.2, 0.25) is 5.91 Å². The molecule has 5 heteroatoms. The third-order valence-corrected chi connectivity index (χ3v) is 3.76. The zero-order valence-electron chi connectivity index (χ0n) is 11.9. The number of carbonyl (C=O) groups excluding carboxylic acids is 2. The van der Waals surface area contributed by atoms with Gasteiger partial charge in [-0.15, -0.1) is 0 Å². The quantitative estimate of drug-likeness (QED) is 0.760. The number of carbonyl (C=O) groups is 2. The number of likely N-dealkylation sites (tertiary alicyclic amines) is 1. The van der Waals surface area contributed by atoms with Crippen molar-refractivity contribution < 1.29 is 14.3 Å². The minimum absolute atomic E-state index is 0.117. The smallest absolute Gasteiger partial charge is 0.328 e. The highest BCUT2D eigenvalue weighted by Crippen LogP contribution is 2.25. The molecule has 4 atom stereocenters. The molecule has 18 heavy (non-hydrogen) atoms. The molecule has 0 saturated carbocycles. The molecule has 1 aliphatic rings. The highest BCUT2D eigenvalue weighted by atomic mass is 16.5. The zero-order valence-corrected chi connectivity index (χ0v) is 11.9. The van der Waals surface area contributed by atoms with Gasteiger partial charge in [0.25, 0.3) is 0 Å².